The first kappa shape index (κ1) is 20.0. The number of anilines is 1. The number of hydrogen-bond donors (Lipinski definition) is 2. The van der Waals surface area contributed by atoms with Crippen molar-refractivity contribution in [3.63, 3.8) is 0 Å². The van der Waals surface area contributed by atoms with Gasteiger partial charge in [0.25, 0.3) is 5.91 Å². The van der Waals surface area contributed by atoms with Crippen molar-refractivity contribution in [3.8, 4) is 5.75 Å². The van der Waals surface area contributed by atoms with E-state index in [-0.39, 0.29) is 18.0 Å². The molecule has 0 spiro atoms. The molecule has 2 aromatic carbocycles. The molecule has 0 aliphatic heterocycles. The Labute approximate surface area is 157 Å². The predicted molar refractivity (Wildman–Crippen MR) is 106 cm³/mol. The molecule has 2 aromatic rings. The Kier molecular flexibility index (Phi) is 7.22. The van der Waals surface area contributed by atoms with Crippen LogP contribution < -0.4 is 15.4 Å². The van der Waals surface area contributed by atoms with Gasteiger partial charge in [0, 0.05) is 11.5 Å². The summed E-state index contributed by atoms with van der Waals surface area (Å²) in [6.07, 6.45) is 1.04. The number of amides is 1. The van der Waals surface area contributed by atoms with Crippen LogP contribution in [0.2, 0.25) is 0 Å². The molecule has 2 atom stereocenters. The molecule has 0 saturated carbocycles. The number of ether oxygens (including phenoxy) is 1. The van der Waals surface area contributed by atoms with Gasteiger partial charge < -0.3 is 15.4 Å². The monoisotopic (exact) mass is 355 g/mol. The minimum atomic E-state index is -0.210. The summed E-state index contributed by atoms with van der Waals surface area (Å²) < 4.78 is 5.31. The fourth-order valence-electron chi connectivity index (χ4n) is 3.09. The Morgan fingerprint density at radius 2 is 1.73 bits per heavy atom. The van der Waals surface area contributed by atoms with E-state index in [1.807, 2.05) is 31.2 Å². The molecule has 1 amide bonds. The molecule has 0 unspecified atom stereocenters. The van der Waals surface area contributed by atoms with Gasteiger partial charge in [0.05, 0.1) is 12.8 Å². The molecule has 0 radical (unpaired) electrons. The number of quaternary nitrogens is 1. The highest BCUT2D eigenvalue weighted by atomic mass is 16.5. The maximum absolute atomic E-state index is 12.7. The van der Waals surface area contributed by atoms with E-state index in [0.717, 1.165) is 6.42 Å². The largest absolute Gasteiger partial charge is 0.495 e. The lowest BCUT2D eigenvalue weighted by Crippen LogP contribution is -2.93. The van der Waals surface area contributed by atoms with Crippen molar-refractivity contribution in [2.75, 3.05) is 12.4 Å². The lowest BCUT2D eigenvalue weighted by Gasteiger charge is -2.23. The first-order valence-electron chi connectivity index (χ1n) is 9.34. The van der Waals surface area contributed by atoms with Crippen molar-refractivity contribution < 1.29 is 14.8 Å². The van der Waals surface area contributed by atoms with Crippen LogP contribution in [-0.4, -0.2) is 19.1 Å². The summed E-state index contributed by atoms with van der Waals surface area (Å²) in [5.74, 6) is 1.07. The molecule has 0 aromatic heterocycles. The number of rotatable bonds is 8. The predicted octanol–water partition coefficient (Wildman–Crippen LogP) is 3.55. The lowest BCUT2D eigenvalue weighted by atomic mass is 9.94. The van der Waals surface area contributed by atoms with Crippen LogP contribution in [0.5, 0.6) is 5.75 Å². The van der Waals surface area contributed by atoms with Crippen molar-refractivity contribution in [3.05, 3.63) is 59.7 Å². The summed E-state index contributed by atoms with van der Waals surface area (Å²) in [5, 5.41) is 5.13. The number of nitrogens with two attached hydrogens (primary N) is 1. The Morgan fingerprint density at radius 3 is 2.31 bits per heavy atom. The van der Waals surface area contributed by atoms with E-state index in [0.29, 0.717) is 17.4 Å². The Hall–Kier alpha value is -2.33. The van der Waals surface area contributed by atoms with E-state index in [1.54, 1.807) is 7.11 Å². The molecule has 4 heteroatoms. The molecule has 0 heterocycles. The third-order valence-electron chi connectivity index (χ3n) is 4.77. The highest BCUT2D eigenvalue weighted by Crippen LogP contribution is 2.23. The van der Waals surface area contributed by atoms with Gasteiger partial charge in [-0.3, -0.25) is 4.79 Å². The SMILES string of the molecule is CCc1ccc([C@@H]([NH2+][C@H](C)C(=O)Nc2ccccc2OC)C(C)C)cc1. The summed E-state index contributed by atoms with van der Waals surface area (Å²) >= 11 is 0. The Balaban J connectivity index is 2.08. The minimum Gasteiger partial charge on any atom is -0.495 e. The highest BCUT2D eigenvalue weighted by molar-refractivity contribution is 5.94. The molecule has 0 aliphatic rings. The van der Waals surface area contributed by atoms with Crippen LogP contribution >= 0.6 is 0 Å². The normalized spacial score (nSPS) is 13.3. The Morgan fingerprint density at radius 1 is 1.08 bits per heavy atom. The molecule has 0 saturated heterocycles. The second-order valence-electron chi connectivity index (χ2n) is 7.04. The zero-order valence-electron chi connectivity index (χ0n) is 16.5. The van der Waals surface area contributed by atoms with Crippen molar-refractivity contribution in [2.45, 2.75) is 46.2 Å². The van der Waals surface area contributed by atoms with Gasteiger partial charge >= 0.3 is 0 Å². The van der Waals surface area contributed by atoms with Crippen LogP contribution in [-0.2, 0) is 11.2 Å². The molecule has 140 valence electrons. The van der Waals surface area contributed by atoms with Crippen molar-refractivity contribution in [1.82, 2.24) is 0 Å². The van der Waals surface area contributed by atoms with Gasteiger partial charge in [-0.25, -0.2) is 0 Å². The van der Waals surface area contributed by atoms with Crippen LogP contribution in [0.3, 0.4) is 0 Å². The summed E-state index contributed by atoms with van der Waals surface area (Å²) in [6.45, 7) is 8.49. The molecule has 4 nitrogen and oxygen atoms in total. The second kappa shape index (κ2) is 9.39. The van der Waals surface area contributed by atoms with Gasteiger partial charge in [0.2, 0.25) is 0 Å². The van der Waals surface area contributed by atoms with E-state index in [9.17, 15) is 4.79 Å². The van der Waals surface area contributed by atoms with E-state index in [4.69, 9.17) is 4.74 Å². The van der Waals surface area contributed by atoms with Gasteiger partial charge in [-0.2, -0.15) is 0 Å². The van der Waals surface area contributed by atoms with Gasteiger partial charge in [-0.05, 0) is 31.0 Å². The van der Waals surface area contributed by atoms with Gasteiger partial charge in [0.15, 0.2) is 6.04 Å². The quantitative estimate of drug-likeness (QED) is 0.761. The summed E-state index contributed by atoms with van der Waals surface area (Å²) in [4.78, 5) is 12.7. The van der Waals surface area contributed by atoms with Crippen LogP contribution in [0, 0.1) is 5.92 Å². The van der Waals surface area contributed by atoms with Crippen LogP contribution in [0.4, 0.5) is 5.69 Å². The topological polar surface area (TPSA) is 54.9 Å². The first-order valence-corrected chi connectivity index (χ1v) is 9.34. The summed E-state index contributed by atoms with van der Waals surface area (Å²) in [5.41, 5.74) is 3.29. The first-order chi connectivity index (χ1) is 12.5. The highest BCUT2D eigenvalue weighted by Gasteiger charge is 2.26. The minimum absolute atomic E-state index is 0.0228. The zero-order valence-corrected chi connectivity index (χ0v) is 16.5. The van der Waals surface area contributed by atoms with Crippen LogP contribution in [0.15, 0.2) is 48.5 Å². The molecular weight excluding hydrogens is 324 g/mol. The number of carbonyl (C=O) groups excluding carboxylic acids is 1. The smallest absolute Gasteiger partial charge is 0.282 e. The second-order valence-corrected chi connectivity index (χ2v) is 7.04. The fourth-order valence-corrected chi connectivity index (χ4v) is 3.09. The fraction of sp³-hybridized carbons (Fsp3) is 0.409. The third-order valence-corrected chi connectivity index (χ3v) is 4.77. The van der Waals surface area contributed by atoms with E-state index in [1.165, 1.54) is 11.1 Å². The van der Waals surface area contributed by atoms with Gasteiger partial charge in [0.1, 0.15) is 11.8 Å². The number of methoxy groups -OCH3 is 1. The molecule has 2 rings (SSSR count). The van der Waals surface area contributed by atoms with Gasteiger partial charge in [-0.1, -0.05) is 57.2 Å². The van der Waals surface area contributed by atoms with Crippen molar-refractivity contribution >= 4 is 11.6 Å². The number of aryl methyl sites for hydroxylation is 1. The lowest BCUT2D eigenvalue weighted by molar-refractivity contribution is -0.718. The van der Waals surface area contributed by atoms with E-state index in [2.05, 4.69) is 55.7 Å². The standard InChI is InChI=1S/C22H30N2O2/c1-6-17-11-13-18(14-12-17)21(15(2)3)23-16(4)22(25)24-19-9-7-8-10-20(19)26-5/h7-16,21,23H,6H2,1-5H3,(H,24,25)/p+1/t16-,21+/m1/s1. The third kappa shape index (κ3) is 5.09. The number of carbonyl (C=O) groups is 1. The molecule has 0 fully saturated rings. The number of nitrogens with one attached hydrogen (secondary N) is 1. The molecular formula is C22H31N2O2+. The number of hydrogen-bond acceptors (Lipinski definition) is 2. The maximum Gasteiger partial charge on any atom is 0.282 e. The van der Waals surface area contributed by atoms with Gasteiger partial charge in [-0.15, -0.1) is 0 Å². The summed E-state index contributed by atoms with van der Waals surface area (Å²) in [6, 6.07) is 16.2. The van der Waals surface area contributed by atoms with Crippen molar-refractivity contribution in [1.29, 1.82) is 0 Å². The molecule has 0 bridgehead atoms. The van der Waals surface area contributed by atoms with Crippen molar-refractivity contribution in [2.24, 2.45) is 5.92 Å². The zero-order chi connectivity index (χ0) is 19.1. The molecule has 3 N–H and O–H groups in total. The average Bonchev–Trinajstić information content (AvgIpc) is 2.66. The van der Waals surface area contributed by atoms with Crippen LogP contribution in [0.25, 0.3) is 0 Å². The number of para-hydroxylation sites is 2. The molecule has 0 aliphatic carbocycles. The van der Waals surface area contributed by atoms with Crippen LogP contribution in [0.1, 0.15) is 44.9 Å². The number of benzene rings is 2. The van der Waals surface area contributed by atoms with E-state index >= 15 is 0 Å². The van der Waals surface area contributed by atoms with E-state index < -0.39 is 0 Å². The molecule has 26 heavy (non-hydrogen) atoms. The Bertz CT molecular complexity index is 710. The average molecular weight is 356 g/mol. The summed E-state index contributed by atoms with van der Waals surface area (Å²) in [7, 11) is 1.61. The maximum atomic E-state index is 12.7.